The average molecular weight is 418 g/mol. The minimum Gasteiger partial charge on any atom is -0.497 e. The number of methoxy groups -OCH3 is 1. The number of aliphatic imine (C=N–C) groups is 1. The zero-order valence-electron chi connectivity index (χ0n) is 17.7. The second-order valence-corrected chi connectivity index (χ2v) is 7.99. The van der Waals surface area contributed by atoms with Gasteiger partial charge in [0.1, 0.15) is 11.5 Å². The Morgan fingerprint density at radius 1 is 0.656 bits per heavy atom. The molecule has 2 heterocycles. The van der Waals surface area contributed by atoms with Gasteiger partial charge < -0.3 is 4.74 Å². The van der Waals surface area contributed by atoms with Crippen molar-refractivity contribution in [3.8, 4) is 5.75 Å². The molecule has 4 nitrogen and oxygen atoms in total. The van der Waals surface area contributed by atoms with E-state index in [9.17, 15) is 0 Å². The predicted molar refractivity (Wildman–Crippen MR) is 124 cm³/mol. The van der Waals surface area contributed by atoms with E-state index in [1.165, 1.54) is 0 Å². The molecule has 0 aliphatic carbocycles. The van der Waals surface area contributed by atoms with Crippen LogP contribution in [0.15, 0.2) is 120 Å². The number of benzene rings is 4. The van der Waals surface area contributed by atoms with Crippen molar-refractivity contribution in [2.75, 3.05) is 7.11 Å². The first-order chi connectivity index (χ1) is 15.8. The van der Waals surface area contributed by atoms with Crippen LogP contribution in [0.25, 0.3) is 0 Å². The van der Waals surface area contributed by atoms with Crippen LogP contribution in [0.4, 0.5) is 0 Å². The molecule has 6 rings (SSSR count). The molecule has 0 radical (unpaired) electrons. The molecular formula is C28H22N2O2. The smallest absolute Gasteiger partial charge is 0.235 e. The molecule has 0 spiro atoms. The van der Waals surface area contributed by atoms with E-state index in [1.807, 2.05) is 71.8 Å². The van der Waals surface area contributed by atoms with E-state index in [-0.39, 0.29) is 0 Å². The molecular weight excluding hydrogens is 396 g/mol. The molecule has 156 valence electrons. The summed E-state index contributed by atoms with van der Waals surface area (Å²) in [5.74, 6) is 0.809. The van der Waals surface area contributed by atoms with Crippen LogP contribution in [0, 0.1) is 0 Å². The number of nitrogens with zero attached hydrogens (tertiary/aromatic N) is 2. The summed E-state index contributed by atoms with van der Waals surface area (Å²) in [5, 5.41) is 2.04. The molecule has 1 fully saturated rings. The van der Waals surface area contributed by atoms with Gasteiger partial charge in [0.2, 0.25) is 5.72 Å². The SMILES string of the molecule is COc1ccc(C2(c3ccccc3)N=C(c3ccccc3)C3(c4ccccc4)ON32)cc1. The minimum atomic E-state index is -0.811. The summed E-state index contributed by atoms with van der Waals surface area (Å²) in [6.07, 6.45) is 0. The van der Waals surface area contributed by atoms with Crippen LogP contribution in [-0.4, -0.2) is 17.9 Å². The number of hydrogen-bond donors (Lipinski definition) is 0. The maximum atomic E-state index is 6.55. The first-order valence-electron chi connectivity index (χ1n) is 10.7. The number of ether oxygens (including phenoxy) is 1. The molecule has 0 aromatic heterocycles. The van der Waals surface area contributed by atoms with Gasteiger partial charge in [-0.15, -0.1) is 5.06 Å². The fourth-order valence-corrected chi connectivity index (χ4v) is 4.68. The summed E-state index contributed by atoms with van der Waals surface area (Å²) < 4.78 is 5.41. The zero-order chi connectivity index (χ0) is 21.6. The first-order valence-corrected chi connectivity index (χ1v) is 10.7. The minimum absolute atomic E-state index is 0.738. The lowest BCUT2D eigenvalue weighted by Gasteiger charge is -2.28. The zero-order valence-corrected chi connectivity index (χ0v) is 17.7. The number of rotatable bonds is 5. The topological polar surface area (TPSA) is 37.1 Å². The van der Waals surface area contributed by atoms with E-state index in [2.05, 4.69) is 48.5 Å². The number of hydroxylamine groups is 2. The molecule has 1 saturated heterocycles. The van der Waals surface area contributed by atoms with Crippen molar-refractivity contribution in [3.05, 3.63) is 138 Å². The van der Waals surface area contributed by atoms with Crippen LogP contribution >= 0.6 is 0 Å². The van der Waals surface area contributed by atoms with Crippen LogP contribution in [0.5, 0.6) is 5.75 Å². The van der Waals surface area contributed by atoms with E-state index in [1.54, 1.807) is 7.11 Å². The largest absolute Gasteiger partial charge is 0.497 e. The van der Waals surface area contributed by atoms with Gasteiger partial charge in [-0.2, -0.15) is 0 Å². The second kappa shape index (κ2) is 7.16. The monoisotopic (exact) mass is 418 g/mol. The van der Waals surface area contributed by atoms with Crippen LogP contribution in [0.1, 0.15) is 22.3 Å². The Balaban J connectivity index is 1.63. The van der Waals surface area contributed by atoms with Crippen LogP contribution in [0.2, 0.25) is 0 Å². The fourth-order valence-electron chi connectivity index (χ4n) is 4.68. The van der Waals surface area contributed by atoms with Crippen molar-refractivity contribution in [3.63, 3.8) is 0 Å². The Bertz CT molecular complexity index is 1270. The first kappa shape index (κ1) is 19.0. The maximum absolute atomic E-state index is 6.55. The molecule has 2 aliphatic rings. The average Bonchev–Trinajstić information content (AvgIpc) is 3.57. The summed E-state index contributed by atoms with van der Waals surface area (Å²) in [7, 11) is 1.68. The Morgan fingerprint density at radius 2 is 1.19 bits per heavy atom. The Hall–Kier alpha value is -3.73. The highest BCUT2D eigenvalue weighted by molar-refractivity contribution is 6.10. The number of fused-ring (bicyclic) bond motifs is 1. The number of hydrogen-bond acceptors (Lipinski definition) is 4. The molecule has 0 saturated carbocycles. The Morgan fingerprint density at radius 3 is 1.78 bits per heavy atom. The van der Waals surface area contributed by atoms with Gasteiger partial charge in [0.15, 0.2) is 5.66 Å². The van der Waals surface area contributed by atoms with E-state index in [0.29, 0.717) is 0 Å². The van der Waals surface area contributed by atoms with E-state index < -0.39 is 11.4 Å². The normalized spacial score (nSPS) is 25.7. The summed E-state index contributed by atoms with van der Waals surface area (Å²) in [4.78, 5) is 12.0. The summed E-state index contributed by atoms with van der Waals surface area (Å²) in [6.45, 7) is 0. The molecule has 4 heteroatoms. The Labute approximate surface area is 187 Å². The van der Waals surface area contributed by atoms with Gasteiger partial charge in [-0.25, -0.2) is 4.99 Å². The molecule has 4 aromatic rings. The standard InChI is InChI=1S/C28H22N2O2/c1-31-25-19-17-23(18-20-25)27(22-13-7-3-8-14-22)29-26(21-11-5-2-6-12-21)28(30(27)32-28)24-15-9-4-10-16-24/h2-20H,1H3. The highest BCUT2D eigenvalue weighted by Crippen LogP contribution is 2.62. The van der Waals surface area contributed by atoms with Crippen molar-refractivity contribution in [1.29, 1.82) is 0 Å². The van der Waals surface area contributed by atoms with E-state index in [0.717, 1.165) is 33.7 Å². The third-order valence-corrected chi connectivity index (χ3v) is 6.25. The highest BCUT2D eigenvalue weighted by Gasteiger charge is 2.74. The molecule has 0 N–H and O–H groups in total. The molecule has 3 atom stereocenters. The summed E-state index contributed by atoms with van der Waals surface area (Å²) in [5.41, 5.74) is 3.54. The summed E-state index contributed by atoms with van der Waals surface area (Å²) >= 11 is 0. The fraction of sp³-hybridized carbons (Fsp3) is 0.107. The molecule has 3 unspecified atom stereocenters. The third kappa shape index (κ3) is 2.60. The molecule has 32 heavy (non-hydrogen) atoms. The van der Waals surface area contributed by atoms with Crippen LogP contribution in [-0.2, 0) is 16.2 Å². The lowest BCUT2D eigenvalue weighted by Crippen LogP contribution is -2.33. The van der Waals surface area contributed by atoms with Crippen molar-refractivity contribution in [2.24, 2.45) is 4.99 Å². The molecule has 0 bridgehead atoms. The Kier molecular flexibility index (Phi) is 4.25. The highest BCUT2D eigenvalue weighted by atomic mass is 16.9. The van der Waals surface area contributed by atoms with Gasteiger partial charge >= 0.3 is 0 Å². The van der Waals surface area contributed by atoms with Gasteiger partial charge in [-0.05, 0) is 12.1 Å². The molecule has 2 aliphatic heterocycles. The van der Waals surface area contributed by atoms with Gasteiger partial charge in [-0.3, -0.25) is 4.84 Å². The second-order valence-electron chi connectivity index (χ2n) is 7.99. The molecule has 4 aromatic carbocycles. The third-order valence-electron chi connectivity index (χ3n) is 6.25. The van der Waals surface area contributed by atoms with Crippen LogP contribution < -0.4 is 4.74 Å². The van der Waals surface area contributed by atoms with Crippen molar-refractivity contribution in [2.45, 2.75) is 11.4 Å². The van der Waals surface area contributed by atoms with Crippen LogP contribution in [0.3, 0.4) is 0 Å². The van der Waals surface area contributed by atoms with Crippen molar-refractivity contribution < 1.29 is 9.57 Å². The lowest BCUT2D eigenvalue weighted by molar-refractivity contribution is 0.0935. The van der Waals surface area contributed by atoms with Crippen molar-refractivity contribution >= 4 is 5.71 Å². The van der Waals surface area contributed by atoms with Gasteiger partial charge in [0, 0.05) is 22.3 Å². The van der Waals surface area contributed by atoms with Gasteiger partial charge in [-0.1, -0.05) is 103 Å². The van der Waals surface area contributed by atoms with Gasteiger partial charge in [0.05, 0.1) is 7.11 Å². The predicted octanol–water partition coefficient (Wildman–Crippen LogP) is 5.50. The molecule has 0 amide bonds. The van der Waals surface area contributed by atoms with E-state index in [4.69, 9.17) is 14.6 Å². The maximum Gasteiger partial charge on any atom is 0.235 e. The quantitative estimate of drug-likeness (QED) is 0.402. The van der Waals surface area contributed by atoms with Crippen molar-refractivity contribution in [1.82, 2.24) is 5.06 Å². The van der Waals surface area contributed by atoms with E-state index >= 15 is 0 Å². The van der Waals surface area contributed by atoms with Gasteiger partial charge in [0.25, 0.3) is 0 Å². The summed E-state index contributed by atoms with van der Waals surface area (Å²) in [6, 6.07) is 39.0. The lowest BCUT2D eigenvalue weighted by atomic mass is 9.91.